The number of carbonyl (C=O) groups excluding carboxylic acids is 1. The van der Waals surface area contributed by atoms with Crippen LogP contribution in [0.2, 0.25) is 0 Å². The number of hydrogen-bond donors (Lipinski definition) is 4. The second-order valence-electron chi connectivity index (χ2n) is 6.51. The number of nitrogens with one attached hydrogen (secondary N) is 4. The summed E-state index contributed by atoms with van der Waals surface area (Å²) in [6, 6.07) is 4.78. The van der Waals surface area contributed by atoms with Crippen LogP contribution in [0.15, 0.2) is 29.4 Å². The second-order valence-corrected chi connectivity index (χ2v) is 6.51. The zero-order valence-electron chi connectivity index (χ0n) is 15.1. The largest absolute Gasteiger partial charge is 0.361 e. The molecule has 0 atom stereocenters. The van der Waals surface area contributed by atoms with E-state index in [-0.39, 0.29) is 17.6 Å². The first-order valence-electron chi connectivity index (χ1n) is 9.22. The number of aromatic nitrogens is 1. The lowest BCUT2D eigenvalue weighted by Crippen LogP contribution is -2.41. The Morgan fingerprint density at radius 1 is 1.27 bits per heavy atom. The van der Waals surface area contributed by atoms with Gasteiger partial charge in [-0.3, -0.25) is 9.79 Å². The van der Waals surface area contributed by atoms with Crippen LogP contribution in [0.25, 0.3) is 10.9 Å². The van der Waals surface area contributed by atoms with E-state index in [4.69, 9.17) is 0 Å². The summed E-state index contributed by atoms with van der Waals surface area (Å²) in [4.78, 5) is 19.3. The van der Waals surface area contributed by atoms with Gasteiger partial charge in [0.15, 0.2) is 5.96 Å². The fourth-order valence-electron chi connectivity index (χ4n) is 2.85. The Balaban J connectivity index is 1.47. The molecule has 0 aliphatic heterocycles. The molecule has 1 aromatic heterocycles. The Morgan fingerprint density at radius 3 is 2.85 bits per heavy atom. The Bertz CT molecular complexity index is 781. The quantitative estimate of drug-likeness (QED) is 0.330. The molecule has 26 heavy (non-hydrogen) atoms. The molecular weight excluding hydrogens is 333 g/mol. The fourth-order valence-corrected chi connectivity index (χ4v) is 2.85. The number of benzene rings is 1. The molecule has 1 aliphatic carbocycles. The Kier molecular flexibility index (Phi) is 6.09. The minimum atomic E-state index is -0.240. The number of guanidine groups is 1. The van der Waals surface area contributed by atoms with Crippen molar-refractivity contribution < 1.29 is 9.18 Å². The van der Waals surface area contributed by atoms with Gasteiger partial charge in [0.25, 0.3) is 0 Å². The zero-order valence-corrected chi connectivity index (χ0v) is 15.1. The number of carbonyl (C=O) groups is 1. The molecule has 4 N–H and O–H groups in total. The summed E-state index contributed by atoms with van der Waals surface area (Å²) < 4.78 is 13.2. The SMILES string of the molecule is CCNC(=NCCc1c[nH]c2cc(F)ccc12)NCCNC(=O)C1CC1. The molecule has 0 radical (unpaired) electrons. The third-order valence-corrected chi connectivity index (χ3v) is 4.39. The highest BCUT2D eigenvalue weighted by Gasteiger charge is 2.28. The molecular formula is C19H26FN5O. The number of nitrogens with zero attached hydrogens (tertiary/aromatic N) is 1. The van der Waals surface area contributed by atoms with Gasteiger partial charge in [0.2, 0.25) is 5.91 Å². The molecule has 3 rings (SSSR count). The van der Waals surface area contributed by atoms with E-state index in [1.165, 1.54) is 12.1 Å². The summed E-state index contributed by atoms with van der Waals surface area (Å²) in [5, 5.41) is 10.4. The molecule has 0 unspecified atom stereocenters. The van der Waals surface area contributed by atoms with Crippen LogP contribution in [0.5, 0.6) is 0 Å². The van der Waals surface area contributed by atoms with Crippen molar-refractivity contribution in [1.82, 2.24) is 20.9 Å². The summed E-state index contributed by atoms with van der Waals surface area (Å²) >= 11 is 0. The molecule has 1 fully saturated rings. The highest BCUT2D eigenvalue weighted by Crippen LogP contribution is 2.28. The number of aromatic amines is 1. The van der Waals surface area contributed by atoms with Crippen LogP contribution in [0.1, 0.15) is 25.3 Å². The maximum absolute atomic E-state index is 13.2. The van der Waals surface area contributed by atoms with Crippen molar-refractivity contribution in [2.45, 2.75) is 26.2 Å². The summed E-state index contributed by atoms with van der Waals surface area (Å²) in [7, 11) is 0. The van der Waals surface area contributed by atoms with Crippen molar-refractivity contribution in [2.24, 2.45) is 10.9 Å². The number of amides is 1. The number of H-pyrrole nitrogens is 1. The van der Waals surface area contributed by atoms with Crippen molar-refractivity contribution in [3.05, 3.63) is 35.8 Å². The fraction of sp³-hybridized carbons (Fsp3) is 0.474. The van der Waals surface area contributed by atoms with Crippen molar-refractivity contribution >= 4 is 22.8 Å². The molecule has 1 heterocycles. The number of halogens is 1. The molecule has 140 valence electrons. The minimum Gasteiger partial charge on any atom is -0.361 e. The van der Waals surface area contributed by atoms with Gasteiger partial charge in [-0.2, -0.15) is 0 Å². The molecule has 1 amide bonds. The maximum atomic E-state index is 13.2. The highest BCUT2D eigenvalue weighted by molar-refractivity contribution is 5.83. The number of hydrogen-bond acceptors (Lipinski definition) is 2. The molecule has 1 saturated carbocycles. The molecule has 0 spiro atoms. The molecule has 7 heteroatoms. The van der Waals surface area contributed by atoms with Crippen molar-refractivity contribution in [3.63, 3.8) is 0 Å². The first-order valence-corrected chi connectivity index (χ1v) is 9.22. The first kappa shape index (κ1) is 18.2. The van der Waals surface area contributed by atoms with Crippen LogP contribution in [-0.2, 0) is 11.2 Å². The molecule has 6 nitrogen and oxygen atoms in total. The molecule has 1 aromatic carbocycles. The first-order chi connectivity index (χ1) is 12.7. The van der Waals surface area contributed by atoms with Crippen molar-refractivity contribution in [1.29, 1.82) is 0 Å². The maximum Gasteiger partial charge on any atom is 0.223 e. The molecule has 1 aliphatic rings. The van der Waals surface area contributed by atoms with Crippen molar-refractivity contribution in [2.75, 3.05) is 26.2 Å². The third kappa shape index (κ3) is 4.97. The monoisotopic (exact) mass is 359 g/mol. The lowest BCUT2D eigenvalue weighted by Gasteiger charge is -2.11. The van der Waals surface area contributed by atoms with Crippen molar-refractivity contribution in [3.8, 4) is 0 Å². The molecule has 0 saturated heterocycles. The van der Waals surface area contributed by atoms with Crippen LogP contribution in [0.3, 0.4) is 0 Å². The predicted molar refractivity (Wildman–Crippen MR) is 102 cm³/mol. The van der Waals surface area contributed by atoms with Gasteiger partial charge in [-0.15, -0.1) is 0 Å². The van der Waals surface area contributed by atoms with Gasteiger partial charge in [-0.25, -0.2) is 4.39 Å². The summed E-state index contributed by atoms with van der Waals surface area (Å²) in [5.41, 5.74) is 1.93. The highest BCUT2D eigenvalue weighted by atomic mass is 19.1. The lowest BCUT2D eigenvalue weighted by atomic mass is 10.1. The van der Waals surface area contributed by atoms with E-state index in [1.807, 2.05) is 13.1 Å². The average Bonchev–Trinajstić information content (AvgIpc) is 3.41. The van der Waals surface area contributed by atoms with Crippen LogP contribution in [-0.4, -0.2) is 43.0 Å². The van der Waals surface area contributed by atoms with Crippen LogP contribution >= 0.6 is 0 Å². The van der Waals surface area contributed by atoms with E-state index in [1.54, 1.807) is 6.07 Å². The second kappa shape index (κ2) is 8.69. The van der Waals surface area contributed by atoms with E-state index < -0.39 is 0 Å². The lowest BCUT2D eigenvalue weighted by molar-refractivity contribution is -0.122. The number of aliphatic imine (C=N–C) groups is 1. The normalized spacial score (nSPS) is 14.5. The van der Waals surface area contributed by atoms with Gasteiger partial charge < -0.3 is 20.9 Å². The van der Waals surface area contributed by atoms with E-state index in [0.717, 1.165) is 48.2 Å². The summed E-state index contributed by atoms with van der Waals surface area (Å²) in [6.45, 7) is 4.63. The molecule has 2 aromatic rings. The van der Waals surface area contributed by atoms with Crippen LogP contribution in [0, 0.1) is 11.7 Å². The average molecular weight is 359 g/mol. The summed E-state index contributed by atoms with van der Waals surface area (Å²) in [6.07, 6.45) is 4.71. The Labute approximate surface area is 152 Å². The van der Waals surface area contributed by atoms with E-state index in [2.05, 4.69) is 25.9 Å². The van der Waals surface area contributed by atoms with Crippen LogP contribution in [0.4, 0.5) is 4.39 Å². The van der Waals surface area contributed by atoms with Gasteiger partial charge in [-0.1, -0.05) is 0 Å². The van der Waals surface area contributed by atoms with Gasteiger partial charge in [0, 0.05) is 49.2 Å². The van der Waals surface area contributed by atoms with Crippen LogP contribution < -0.4 is 16.0 Å². The standard InChI is InChI=1S/C19H26FN5O/c1-2-21-19(24-10-9-22-18(26)13-3-4-13)23-8-7-14-12-25-17-11-15(20)5-6-16(14)17/h5-6,11-13,25H,2-4,7-10H2,1H3,(H,22,26)(H2,21,23,24). The van der Waals surface area contributed by atoms with Gasteiger partial charge >= 0.3 is 0 Å². The number of fused-ring (bicyclic) bond motifs is 1. The zero-order chi connectivity index (χ0) is 18.4. The van der Waals surface area contributed by atoms with Gasteiger partial charge in [0.1, 0.15) is 5.82 Å². The predicted octanol–water partition coefficient (Wildman–Crippen LogP) is 1.93. The topological polar surface area (TPSA) is 81.3 Å². The van der Waals surface area contributed by atoms with Gasteiger partial charge in [-0.05, 0) is 49.9 Å². The summed E-state index contributed by atoms with van der Waals surface area (Å²) in [5.74, 6) is 0.890. The smallest absolute Gasteiger partial charge is 0.223 e. The number of rotatable bonds is 8. The Morgan fingerprint density at radius 2 is 2.08 bits per heavy atom. The van der Waals surface area contributed by atoms with E-state index in [0.29, 0.717) is 19.6 Å². The third-order valence-electron chi connectivity index (χ3n) is 4.39. The van der Waals surface area contributed by atoms with Gasteiger partial charge in [0.05, 0.1) is 0 Å². The van der Waals surface area contributed by atoms with E-state index >= 15 is 0 Å². The molecule has 0 bridgehead atoms. The van der Waals surface area contributed by atoms with E-state index in [9.17, 15) is 9.18 Å². The minimum absolute atomic E-state index is 0.157. The Hall–Kier alpha value is -2.57.